The van der Waals surface area contributed by atoms with Gasteiger partial charge in [-0.3, -0.25) is 10.2 Å². The first-order chi connectivity index (χ1) is 11.5. The molecule has 1 heterocycles. The molecule has 0 bridgehead atoms. The van der Waals surface area contributed by atoms with Crippen LogP contribution in [0.25, 0.3) is 0 Å². The summed E-state index contributed by atoms with van der Waals surface area (Å²) in [4.78, 5) is 23.8. The van der Waals surface area contributed by atoms with Crippen LogP contribution in [0.3, 0.4) is 0 Å². The van der Waals surface area contributed by atoms with Crippen LogP contribution in [-0.2, 0) is 6.42 Å². The van der Waals surface area contributed by atoms with Crippen molar-refractivity contribution in [2.24, 2.45) is 0 Å². The van der Waals surface area contributed by atoms with Gasteiger partial charge >= 0.3 is 6.03 Å². The van der Waals surface area contributed by atoms with E-state index < -0.39 is 11.9 Å². The van der Waals surface area contributed by atoms with E-state index in [1.165, 1.54) is 5.56 Å². The van der Waals surface area contributed by atoms with E-state index in [1.54, 1.807) is 19.9 Å². The Morgan fingerprint density at radius 3 is 2.46 bits per heavy atom. The van der Waals surface area contributed by atoms with E-state index in [4.69, 9.17) is 4.42 Å². The summed E-state index contributed by atoms with van der Waals surface area (Å²) in [5, 5.41) is 2.79. The summed E-state index contributed by atoms with van der Waals surface area (Å²) in [6.45, 7) is 5.39. The largest absolute Gasteiger partial charge is 0.466 e. The van der Waals surface area contributed by atoms with Crippen LogP contribution in [0, 0.1) is 13.8 Å². The normalized spacial score (nSPS) is 11.6. The number of urea groups is 1. The number of benzene rings is 1. The number of hydrogen-bond donors (Lipinski definition) is 3. The van der Waals surface area contributed by atoms with Crippen molar-refractivity contribution in [2.75, 3.05) is 0 Å². The number of carbonyl (C=O) groups is 2. The van der Waals surface area contributed by atoms with Crippen molar-refractivity contribution in [3.63, 3.8) is 0 Å². The summed E-state index contributed by atoms with van der Waals surface area (Å²) in [5.41, 5.74) is 6.36. The molecule has 6 heteroatoms. The second kappa shape index (κ2) is 8.19. The molecular weight excluding hydrogens is 306 g/mol. The first kappa shape index (κ1) is 17.6. The Balaban J connectivity index is 1.72. The average molecular weight is 329 g/mol. The van der Waals surface area contributed by atoms with Gasteiger partial charge in [0.25, 0.3) is 5.91 Å². The van der Waals surface area contributed by atoms with Crippen molar-refractivity contribution in [2.45, 2.75) is 39.7 Å². The van der Waals surface area contributed by atoms with Gasteiger partial charge in [0, 0.05) is 6.04 Å². The van der Waals surface area contributed by atoms with Crippen LogP contribution >= 0.6 is 0 Å². The average Bonchev–Trinajstić information content (AvgIpc) is 2.90. The molecule has 0 spiro atoms. The van der Waals surface area contributed by atoms with E-state index >= 15 is 0 Å². The molecule has 1 aromatic heterocycles. The molecule has 0 aliphatic heterocycles. The zero-order chi connectivity index (χ0) is 17.5. The third-order valence-corrected chi connectivity index (χ3v) is 3.66. The lowest BCUT2D eigenvalue weighted by Crippen LogP contribution is -2.49. The zero-order valence-electron chi connectivity index (χ0n) is 14.2. The highest BCUT2D eigenvalue weighted by Crippen LogP contribution is 2.12. The Morgan fingerprint density at radius 1 is 1.12 bits per heavy atom. The van der Waals surface area contributed by atoms with E-state index in [-0.39, 0.29) is 6.04 Å². The van der Waals surface area contributed by atoms with Crippen LogP contribution in [0.5, 0.6) is 0 Å². The fourth-order valence-corrected chi connectivity index (χ4v) is 2.40. The number of amides is 3. The minimum atomic E-state index is -0.443. The van der Waals surface area contributed by atoms with E-state index in [1.807, 2.05) is 25.1 Å². The highest BCUT2D eigenvalue weighted by Gasteiger charge is 2.14. The Bertz CT molecular complexity index is 695. The van der Waals surface area contributed by atoms with E-state index in [9.17, 15) is 9.59 Å². The molecule has 0 fully saturated rings. The van der Waals surface area contributed by atoms with Gasteiger partial charge in [0.15, 0.2) is 0 Å². The van der Waals surface area contributed by atoms with Gasteiger partial charge in [-0.25, -0.2) is 10.2 Å². The van der Waals surface area contributed by atoms with Gasteiger partial charge in [0.2, 0.25) is 0 Å². The molecule has 0 radical (unpaired) electrons. The molecule has 2 rings (SSSR count). The quantitative estimate of drug-likeness (QED) is 0.738. The molecule has 0 saturated carbocycles. The van der Waals surface area contributed by atoms with Crippen LogP contribution in [0.15, 0.2) is 40.8 Å². The predicted octanol–water partition coefficient (Wildman–Crippen LogP) is 2.86. The molecule has 6 nitrogen and oxygen atoms in total. The first-order valence-electron chi connectivity index (χ1n) is 7.93. The van der Waals surface area contributed by atoms with Crippen molar-refractivity contribution < 1.29 is 14.0 Å². The number of rotatable bonds is 5. The maximum absolute atomic E-state index is 12.0. The lowest BCUT2D eigenvalue weighted by Gasteiger charge is -2.15. The fraction of sp³-hybridized carbons (Fsp3) is 0.333. The third kappa shape index (κ3) is 5.15. The highest BCUT2D eigenvalue weighted by molar-refractivity contribution is 5.96. The number of furan rings is 1. The van der Waals surface area contributed by atoms with Gasteiger partial charge in [-0.15, -0.1) is 0 Å². The van der Waals surface area contributed by atoms with Crippen LogP contribution in [0.4, 0.5) is 4.79 Å². The molecule has 1 aromatic carbocycles. The molecule has 3 amide bonds. The number of hydrazine groups is 1. The van der Waals surface area contributed by atoms with Gasteiger partial charge in [-0.05, 0) is 45.2 Å². The Kier molecular flexibility index (Phi) is 6.01. The summed E-state index contributed by atoms with van der Waals surface area (Å²) >= 11 is 0. The monoisotopic (exact) mass is 329 g/mol. The molecule has 0 aliphatic carbocycles. The SMILES string of the molecule is Cc1cc(C(=O)NNC(=O)N[C@H](C)CCc2ccccc2)c(C)o1. The molecule has 24 heavy (non-hydrogen) atoms. The second-order valence-corrected chi connectivity index (χ2v) is 5.80. The smallest absolute Gasteiger partial charge is 0.333 e. The molecule has 1 atom stereocenters. The van der Waals surface area contributed by atoms with E-state index in [0.29, 0.717) is 17.1 Å². The summed E-state index contributed by atoms with van der Waals surface area (Å²) in [6, 6.07) is 11.3. The number of nitrogens with one attached hydrogen (secondary N) is 3. The lowest BCUT2D eigenvalue weighted by molar-refractivity contribution is 0.0934. The highest BCUT2D eigenvalue weighted by atomic mass is 16.3. The number of aryl methyl sites for hydroxylation is 3. The molecule has 0 saturated heterocycles. The van der Waals surface area contributed by atoms with Crippen molar-refractivity contribution in [3.05, 3.63) is 59.0 Å². The maximum Gasteiger partial charge on any atom is 0.333 e. The molecule has 128 valence electrons. The number of carbonyl (C=O) groups excluding carboxylic acids is 2. The van der Waals surface area contributed by atoms with Crippen LogP contribution in [-0.4, -0.2) is 18.0 Å². The Labute approximate surface area is 141 Å². The Morgan fingerprint density at radius 2 is 1.83 bits per heavy atom. The minimum Gasteiger partial charge on any atom is -0.466 e. The van der Waals surface area contributed by atoms with Gasteiger partial charge < -0.3 is 9.73 Å². The second-order valence-electron chi connectivity index (χ2n) is 5.80. The summed E-state index contributed by atoms with van der Waals surface area (Å²) in [7, 11) is 0. The molecule has 0 aliphatic rings. The van der Waals surface area contributed by atoms with Gasteiger partial charge in [-0.2, -0.15) is 0 Å². The van der Waals surface area contributed by atoms with Crippen LogP contribution < -0.4 is 16.2 Å². The molecule has 0 unspecified atom stereocenters. The van der Waals surface area contributed by atoms with Crippen molar-refractivity contribution in [1.29, 1.82) is 0 Å². The van der Waals surface area contributed by atoms with Gasteiger partial charge in [0.1, 0.15) is 11.5 Å². The van der Waals surface area contributed by atoms with Crippen molar-refractivity contribution in [3.8, 4) is 0 Å². The first-order valence-corrected chi connectivity index (χ1v) is 7.93. The number of hydrogen-bond acceptors (Lipinski definition) is 3. The summed E-state index contributed by atoms with van der Waals surface area (Å²) < 4.78 is 5.29. The zero-order valence-corrected chi connectivity index (χ0v) is 14.2. The minimum absolute atomic E-state index is 0.0139. The van der Waals surface area contributed by atoms with Crippen molar-refractivity contribution in [1.82, 2.24) is 16.2 Å². The summed E-state index contributed by atoms with van der Waals surface area (Å²) in [5.74, 6) is 0.761. The van der Waals surface area contributed by atoms with E-state index in [2.05, 4.69) is 28.3 Å². The lowest BCUT2D eigenvalue weighted by atomic mass is 10.1. The maximum atomic E-state index is 12.0. The standard InChI is InChI=1S/C18H23N3O3/c1-12(9-10-15-7-5-4-6-8-15)19-18(23)21-20-17(22)16-11-13(2)24-14(16)3/h4-8,11-12H,9-10H2,1-3H3,(H,20,22)(H2,19,21,23)/t12-/m1/s1. The predicted molar refractivity (Wildman–Crippen MR) is 91.5 cm³/mol. The van der Waals surface area contributed by atoms with Crippen LogP contribution in [0.1, 0.15) is 40.8 Å². The summed E-state index contributed by atoms with van der Waals surface area (Å²) in [6.07, 6.45) is 1.69. The molecule has 3 N–H and O–H groups in total. The van der Waals surface area contributed by atoms with Crippen molar-refractivity contribution >= 4 is 11.9 Å². The Hall–Kier alpha value is -2.76. The van der Waals surface area contributed by atoms with E-state index in [0.717, 1.165) is 12.8 Å². The fourth-order valence-electron chi connectivity index (χ4n) is 2.40. The topological polar surface area (TPSA) is 83.4 Å². The molecular formula is C18H23N3O3. The third-order valence-electron chi connectivity index (χ3n) is 3.66. The molecule has 2 aromatic rings. The van der Waals surface area contributed by atoms with Crippen LogP contribution in [0.2, 0.25) is 0 Å². The van der Waals surface area contributed by atoms with Gasteiger partial charge in [-0.1, -0.05) is 30.3 Å². The van der Waals surface area contributed by atoms with Gasteiger partial charge in [0.05, 0.1) is 5.56 Å².